The summed E-state index contributed by atoms with van der Waals surface area (Å²) in [7, 11) is 0. The van der Waals surface area contributed by atoms with Crippen molar-refractivity contribution < 1.29 is 14.3 Å². The highest BCUT2D eigenvalue weighted by molar-refractivity contribution is 5.79. The lowest BCUT2D eigenvalue weighted by Gasteiger charge is -2.28. The minimum Gasteiger partial charge on any atom is -0.465 e. The number of nitrogens with two attached hydrogens (primary N) is 1. The fraction of sp³-hybridized carbons (Fsp3) is 0.846. The van der Waals surface area contributed by atoms with Crippen molar-refractivity contribution in [3.05, 3.63) is 0 Å². The Bertz CT molecular complexity index is 257. The van der Waals surface area contributed by atoms with Crippen molar-refractivity contribution in [3.63, 3.8) is 0 Å². The average molecular weight is 258 g/mol. The molecule has 0 fully saturated rings. The quantitative estimate of drug-likeness (QED) is 0.600. The van der Waals surface area contributed by atoms with Crippen LogP contribution in [0.25, 0.3) is 0 Å². The molecule has 1 unspecified atom stereocenters. The van der Waals surface area contributed by atoms with E-state index >= 15 is 0 Å². The monoisotopic (exact) mass is 258 g/mol. The van der Waals surface area contributed by atoms with Crippen LogP contribution in [0.2, 0.25) is 0 Å². The van der Waals surface area contributed by atoms with Gasteiger partial charge in [-0.25, -0.2) is 0 Å². The Morgan fingerprint density at radius 2 is 1.89 bits per heavy atom. The molecule has 0 spiro atoms. The van der Waals surface area contributed by atoms with E-state index in [2.05, 4.69) is 6.92 Å². The summed E-state index contributed by atoms with van der Waals surface area (Å²) in [6.45, 7) is 7.03. The van der Waals surface area contributed by atoms with Crippen LogP contribution in [0.3, 0.4) is 0 Å². The highest BCUT2D eigenvalue weighted by Crippen LogP contribution is 2.10. The van der Waals surface area contributed by atoms with E-state index in [1.54, 1.807) is 6.92 Å². The molecular weight excluding hydrogens is 232 g/mol. The molecule has 2 N–H and O–H groups in total. The molecule has 5 nitrogen and oxygen atoms in total. The summed E-state index contributed by atoms with van der Waals surface area (Å²) < 4.78 is 5.07. The number of hydrogen-bond donors (Lipinski definition) is 1. The number of primary amides is 1. The molecule has 5 heteroatoms. The number of esters is 1. The number of nitrogens with zero attached hydrogens (tertiary/aromatic N) is 1. The van der Waals surface area contributed by atoms with Crippen LogP contribution in [-0.2, 0) is 14.3 Å². The number of carbonyl (C=O) groups excluding carboxylic acids is 2. The van der Waals surface area contributed by atoms with E-state index < -0.39 is 5.91 Å². The van der Waals surface area contributed by atoms with Gasteiger partial charge in [-0.05, 0) is 26.3 Å². The molecule has 1 amide bonds. The molecule has 0 aliphatic rings. The molecule has 0 radical (unpaired) electrons. The van der Waals surface area contributed by atoms with Gasteiger partial charge in [-0.1, -0.05) is 26.7 Å². The minimum absolute atomic E-state index is 0.115. The lowest BCUT2D eigenvalue weighted by atomic mass is 10.1. The van der Waals surface area contributed by atoms with Gasteiger partial charge in [-0.3, -0.25) is 14.5 Å². The van der Waals surface area contributed by atoms with Gasteiger partial charge in [-0.2, -0.15) is 0 Å². The van der Waals surface area contributed by atoms with Crippen molar-refractivity contribution in [2.45, 2.75) is 52.5 Å². The molecule has 0 saturated heterocycles. The Labute approximate surface area is 110 Å². The molecule has 0 aliphatic heterocycles. The van der Waals surface area contributed by atoms with E-state index in [0.29, 0.717) is 19.6 Å². The molecule has 1 atom stereocenters. The molecule has 0 rings (SSSR count). The average Bonchev–Trinajstić information content (AvgIpc) is 2.31. The van der Waals surface area contributed by atoms with Crippen LogP contribution in [-0.4, -0.2) is 42.5 Å². The van der Waals surface area contributed by atoms with Crippen molar-refractivity contribution in [3.8, 4) is 0 Å². The Hall–Kier alpha value is -1.10. The van der Waals surface area contributed by atoms with Crippen molar-refractivity contribution in [1.29, 1.82) is 0 Å². The summed E-state index contributed by atoms with van der Waals surface area (Å²) in [5.41, 5.74) is 5.24. The lowest BCUT2D eigenvalue weighted by Crippen LogP contribution is -2.46. The molecule has 106 valence electrons. The lowest BCUT2D eigenvalue weighted by molar-refractivity contribution is -0.150. The predicted molar refractivity (Wildman–Crippen MR) is 71.0 cm³/mol. The normalized spacial score (nSPS) is 12.4. The molecule has 0 saturated carbocycles. The maximum absolute atomic E-state index is 11.9. The fourth-order valence-corrected chi connectivity index (χ4v) is 1.87. The zero-order chi connectivity index (χ0) is 14.0. The second kappa shape index (κ2) is 9.88. The molecule has 0 heterocycles. The second-order valence-electron chi connectivity index (χ2n) is 4.35. The van der Waals surface area contributed by atoms with Crippen LogP contribution < -0.4 is 5.73 Å². The Balaban J connectivity index is 4.70. The van der Waals surface area contributed by atoms with Gasteiger partial charge in [0.15, 0.2) is 0 Å². The smallest absolute Gasteiger partial charge is 0.323 e. The maximum Gasteiger partial charge on any atom is 0.323 e. The van der Waals surface area contributed by atoms with Gasteiger partial charge in [0, 0.05) is 0 Å². The molecule has 18 heavy (non-hydrogen) atoms. The zero-order valence-corrected chi connectivity index (χ0v) is 11.8. The Kier molecular flexibility index (Phi) is 9.28. The summed E-state index contributed by atoms with van der Waals surface area (Å²) in [5, 5.41) is 0. The van der Waals surface area contributed by atoms with Crippen LogP contribution in [0, 0.1) is 0 Å². The van der Waals surface area contributed by atoms with E-state index in [9.17, 15) is 9.59 Å². The van der Waals surface area contributed by atoms with Crippen LogP contribution in [0.1, 0.15) is 46.5 Å². The van der Waals surface area contributed by atoms with Gasteiger partial charge in [0.2, 0.25) is 5.91 Å². The molecule has 0 aliphatic carbocycles. The van der Waals surface area contributed by atoms with Crippen LogP contribution in [0.15, 0.2) is 0 Å². The van der Waals surface area contributed by atoms with Crippen LogP contribution in [0.5, 0.6) is 0 Å². The van der Waals surface area contributed by atoms with Gasteiger partial charge in [0.05, 0.1) is 13.2 Å². The fourth-order valence-electron chi connectivity index (χ4n) is 1.87. The standard InChI is InChI=1S/C13H26N2O3/c1-4-7-9-15(10-12(14)16)11(8-5-2)13(17)18-6-3/h11H,4-10H2,1-3H3,(H2,14,16). The van der Waals surface area contributed by atoms with E-state index in [1.165, 1.54) is 0 Å². The van der Waals surface area contributed by atoms with Gasteiger partial charge < -0.3 is 10.5 Å². The third-order valence-electron chi connectivity index (χ3n) is 2.72. The van der Waals surface area contributed by atoms with Gasteiger partial charge >= 0.3 is 5.97 Å². The van der Waals surface area contributed by atoms with Crippen molar-refractivity contribution in [2.24, 2.45) is 5.73 Å². The van der Waals surface area contributed by atoms with Crippen molar-refractivity contribution in [1.82, 2.24) is 4.90 Å². The Morgan fingerprint density at radius 1 is 1.22 bits per heavy atom. The van der Waals surface area contributed by atoms with E-state index in [4.69, 9.17) is 10.5 Å². The van der Waals surface area contributed by atoms with Crippen LogP contribution >= 0.6 is 0 Å². The first kappa shape index (κ1) is 16.9. The molecule has 0 bridgehead atoms. The second-order valence-corrected chi connectivity index (χ2v) is 4.35. The van der Waals surface area contributed by atoms with E-state index in [-0.39, 0.29) is 18.6 Å². The van der Waals surface area contributed by atoms with Gasteiger partial charge in [0.1, 0.15) is 6.04 Å². The minimum atomic E-state index is -0.406. The van der Waals surface area contributed by atoms with E-state index in [1.807, 2.05) is 11.8 Å². The van der Waals surface area contributed by atoms with E-state index in [0.717, 1.165) is 19.3 Å². The highest BCUT2D eigenvalue weighted by Gasteiger charge is 2.26. The SMILES string of the molecule is CCCCN(CC(N)=O)C(CCC)C(=O)OCC. The largest absolute Gasteiger partial charge is 0.465 e. The predicted octanol–water partition coefficient (Wildman–Crippen LogP) is 1.31. The number of amides is 1. The zero-order valence-electron chi connectivity index (χ0n) is 11.8. The number of hydrogen-bond acceptors (Lipinski definition) is 4. The molecule has 0 aromatic carbocycles. The summed E-state index contributed by atoms with van der Waals surface area (Å²) in [5.74, 6) is -0.659. The first-order chi connectivity index (χ1) is 8.56. The molecule has 0 aromatic rings. The molecular formula is C13H26N2O3. The van der Waals surface area contributed by atoms with Crippen LogP contribution in [0.4, 0.5) is 0 Å². The van der Waals surface area contributed by atoms with Crippen molar-refractivity contribution >= 4 is 11.9 Å². The summed E-state index contributed by atoms with van der Waals surface area (Å²) >= 11 is 0. The topological polar surface area (TPSA) is 72.6 Å². The van der Waals surface area contributed by atoms with Gasteiger partial charge in [0.25, 0.3) is 0 Å². The number of unbranched alkanes of at least 4 members (excludes halogenated alkanes) is 1. The highest BCUT2D eigenvalue weighted by atomic mass is 16.5. The third-order valence-corrected chi connectivity index (χ3v) is 2.72. The number of ether oxygens (including phenoxy) is 1. The first-order valence-electron chi connectivity index (χ1n) is 6.75. The summed E-state index contributed by atoms with van der Waals surface area (Å²) in [6.07, 6.45) is 3.50. The van der Waals surface area contributed by atoms with Crippen molar-refractivity contribution in [2.75, 3.05) is 19.7 Å². The number of carbonyl (C=O) groups is 2. The Morgan fingerprint density at radius 3 is 2.33 bits per heavy atom. The number of rotatable bonds is 10. The summed E-state index contributed by atoms with van der Waals surface area (Å²) in [6, 6.07) is -0.353. The molecule has 0 aromatic heterocycles. The first-order valence-corrected chi connectivity index (χ1v) is 6.75. The van der Waals surface area contributed by atoms with Gasteiger partial charge in [-0.15, -0.1) is 0 Å². The third kappa shape index (κ3) is 6.59. The summed E-state index contributed by atoms with van der Waals surface area (Å²) in [4.78, 5) is 24.8. The maximum atomic E-state index is 11.9.